The van der Waals surface area contributed by atoms with E-state index in [1.165, 1.54) is 29.2 Å². The number of hydrogen-bond donors (Lipinski definition) is 1. The second-order valence-electron chi connectivity index (χ2n) is 10.2. The zero-order valence-electron chi connectivity index (χ0n) is 23.6. The zero-order valence-corrected chi connectivity index (χ0v) is 26.0. The van der Waals surface area contributed by atoms with E-state index >= 15 is 0 Å². The molecule has 2 amide bonds. The average molecular weight is 633 g/mol. The number of nitrogens with zero attached hydrogens (tertiary/aromatic N) is 2. The molecule has 11 heteroatoms. The summed E-state index contributed by atoms with van der Waals surface area (Å²) in [6.45, 7) is 3.25. The van der Waals surface area contributed by atoms with E-state index < -0.39 is 28.5 Å². The SMILES string of the molecule is CCOc1ccccc1N(CC(=O)N(Cc1ccc(Cl)cc1)[C@@H](C)C(=O)NC1CCCC1)S(=O)(=O)c1ccc(Cl)cc1. The summed E-state index contributed by atoms with van der Waals surface area (Å²) in [5.74, 6) is -0.532. The second kappa shape index (κ2) is 14.3. The van der Waals surface area contributed by atoms with Crippen molar-refractivity contribution in [3.8, 4) is 5.75 Å². The van der Waals surface area contributed by atoms with Crippen LogP contribution in [-0.4, -0.2) is 50.4 Å². The fourth-order valence-corrected chi connectivity index (χ4v) is 6.63. The van der Waals surface area contributed by atoms with E-state index in [0.717, 1.165) is 35.6 Å². The summed E-state index contributed by atoms with van der Waals surface area (Å²) in [6.07, 6.45) is 3.88. The van der Waals surface area contributed by atoms with Gasteiger partial charge in [-0.15, -0.1) is 0 Å². The van der Waals surface area contributed by atoms with Gasteiger partial charge >= 0.3 is 0 Å². The van der Waals surface area contributed by atoms with Crippen LogP contribution in [0.1, 0.15) is 45.1 Å². The van der Waals surface area contributed by atoms with E-state index in [1.54, 1.807) is 62.4 Å². The zero-order chi connectivity index (χ0) is 30.3. The first kappa shape index (κ1) is 31.7. The van der Waals surface area contributed by atoms with E-state index in [1.807, 2.05) is 0 Å². The first-order valence-electron chi connectivity index (χ1n) is 13.9. The number of amides is 2. The molecule has 0 bridgehead atoms. The van der Waals surface area contributed by atoms with Gasteiger partial charge in [0.2, 0.25) is 11.8 Å². The largest absolute Gasteiger partial charge is 0.492 e. The maximum Gasteiger partial charge on any atom is 0.264 e. The number of rotatable bonds is 12. The molecule has 1 fully saturated rings. The Morgan fingerprint density at radius 1 is 0.952 bits per heavy atom. The Kier molecular flexibility index (Phi) is 10.8. The van der Waals surface area contributed by atoms with Crippen LogP contribution in [0.15, 0.2) is 77.7 Å². The van der Waals surface area contributed by atoms with Crippen LogP contribution in [0.3, 0.4) is 0 Å². The fraction of sp³-hybridized carbons (Fsp3) is 0.355. The average Bonchev–Trinajstić information content (AvgIpc) is 3.49. The molecule has 42 heavy (non-hydrogen) atoms. The summed E-state index contributed by atoms with van der Waals surface area (Å²) in [6, 6.07) is 18.5. The lowest BCUT2D eigenvalue weighted by Crippen LogP contribution is -2.52. The smallest absolute Gasteiger partial charge is 0.264 e. The molecule has 0 aromatic heterocycles. The monoisotopic (exact) mass is 631 g/mol. The predicted molar refractivity (Wildman–Crippen MR) is 165 cm³/mol. The van der Waals surface area contributed by atoms with Crippen molar-refractivity contribution in [1.82, 2.24) is 10.2 Å². The highest BCUT2D eigenvalue weighted by Gasteiger charge is 2.34. The van der Waals surface area contributed by atoms with Crippen LogP contribution >= 0.6 is 23.2 Å². The van der Waals surface area contributed by atoms with Crippen LogP contribution in [0.5, 0.6) is 5.75 Å². The number of anilines is 1. The van der Waals surface area contributed by atoms with E-state index in [2.05, 4.69) is 5.32 Å². The van der Waals surface area contributed by atoms with Gasteiger partial charge in [0, 0.05) is 22.6 Å². The Balaban J connectivity index is 1.72. The summed E-state index contributed by atoms with van der Waals surface area (Å²) < 4.78 is 34.9. The van der Waals surface area contributed by atoms with Crippen molar-refractivity contribution in [2.75, 3.05) is 17.5 Å². The van der Waals surface area contributed by atoms with Crippen LogP contribution in [0, 0.1) is 0 Å². The fourth-order valence-electron chi connectivity index (χ4n) is 4.95. The Morgan fingerprint density at radius 3 is 2.17 bits per heavy atom. The summed E-state index contributed by atoms with van der Waals surface area (Å²) >= 11 is 12.1. The van der Waals surface area contributed by atoms with Crippen LogP contribution in [0.25, 0.3) is 0 Å². The molecule has 0 radical (unpaired) electrons. The number of carbonyl (C=O) groups is 2. The highest BCUT2D eigenvalue weighted by Crippen LogP contribution is 2.33. The van der Waals surface area contributed by atoms with E-state index in [-0.39, 0.29) is 29.1 Å². The quantitative estimate of drug-likeness (QED) is 0.262. The molecule has 0 aliphatic heterocycles. The molecule has 3 aromatic carbocycles. The second-order valence-corrected chi connectivity index (χ2v) is 12.9. The topological polar surface area (TPSA) is 96.0 Å². The molecule has 0 spiro atoms. The third-order valence-electron chi connectivity index (χ3n) is 7.25. The third kappa shape index (κ3) is 7.76. The molecule has 4 rings (SSSR count). The minimum atomic E-state index is -4.25. The number of nitrogens with one attached hydrogen (secondary N) is 1. The minimum Gasteiger partial charge on any atom is -0.492 e. The van der Waals surface area contributed by atoms with Gasteiger partial charge in [0.05, 0.1) is 17.2 Å². The van der Waals surface area contributed by atoms with Crippen LogP contribution in [0.4, 0.5) is 5.69 Å². The molecule has 8 nitrogen and oxygen atoms in total. The Hall–Kier alpha value is -3.27. The van der Waals surface area contributed by atoms with Crippen LogP contribution < -0.4 is 14.4 Å². The molecular formula is C31H35Cl2N3O5S. The van der Waals surface area contributed by atoms with Gasteiger partial charge in [0.25, 0.3) is 10.0 Å². The normalized spacial score (nSPS) is 14.3. The number of benzene rings is 3. The first-order chi connectivity index (χ1) is 20.1. The van der Waals surface area contributed by atoms with Gasteiger partial charge in [-0.2, -0.15) is 0 Å². The molecule has 1 N–H and O–H groups in total. The van der Waals surface area contributed by atoms with E-state index in [9.17, 15) is 18.0 Å². The van der Waals surface area contributed by atoms with Gasteiger partial charge in [0.15, 0.2) is 0 Å². The summed E-state index contributed by atoms with van der Waals surface area (Å²) in [5.41, 5.74) is 0.951. The Bertz CT molecular complexity index is 1480. The lowest BCUT2D eigenvalue weighted by atomic mass is 10.1. The number of ether oxygens (including phenoxy) is 1. The number of sulfonamides is 1. The standard InChI is InChI=1S/C31H35Cl2N3O5S/c1-3-41-29-11-7-6-10-28(29)36(42(39,40)27-18-16-25(33)17-19-27)21-30(37)35(20-23-12-14-24(32)15-13-23)22(2)31(38)34-26-8-4-5-9-26/h6-7,10-19,22,26H,3-5,8-9,20-21H2,1-2H3,(H,34,38)/t22-/m0/s1. The molecule has 0 saturated heterocycles. The van der Waals surface area contributed by atoms with Gasteiger partial charge in [-0.05, 0) is 80.8 Å². The molecule has 0 unspecified atom stereocenters. The van der Waals surface area contributed by atoms with Crippen molar-refractivity contribution in [1.29, 1.82) is 0 Å². The Morgan fingerprint density at radius 2 is 1.55 bits per heavy atom. The molecular weight excluding hydrogens is 597 g/mol. The van der Waals surface area contributed by atoms with Gasteiger partial charge in [-0.3, -0.25) is 13.9 Å². The molecule has 224 valence electrons. The van der Waals surface area contributed by atoms with Gasteiger partial charge in [-0.1, -0.05) is 60.3 Å². The van der Waals surface area contributed by atoms with Crippen LogP contribution in [0.2, 0.25) is 10.0 Å². The maximum absolute atomic E-state index is 14.1. The van der Waals surface area contributed by atoms with Crippen LogP contribution in [-0.2, 0) is 26.2 Å². The van der Waals surface area contributed by atoms with Crippen molar-refractivity contribution in [2.24, 2.45) is 0 Å². The molecule has 1 aliphatic rings. The molecule has 0 heterocycles. The lowest BCUT2D eigenvalue weighted by molar-refractivity contribution is -0.139. The summed E-state index contributed by atoms with van der Waals surface area (Å²) in [4.78, 5) is 28.8. The van der Waals surface area contributed by atoms with Crippen molar-refractivity contribution in [3.05, 3.63) is 88.4 Å². The van der Waals surface area contributed by atoms with E-state index in [0.29, 0.717) is 22.4 Å². The predicted octanol–water partition coefficient (Wildman–Crippen LogP) is 6.06. The van der Waals surface area contributed by atoms with Crippen molar-refractivity contribution in [3.63, 3.8) is 0 Å². The van der Waals surface area contributed by atoms with Crippen molar-refractivity contribution >= 4 is 50.7 Å². The van der Waals surface area contributed by atoms with Crippen molar-refractivity contribution in [2.45, 2.75) is 63.1 Å². The lowest BCUT2D eigenvalue weighted by Gasteiger charge is -2.33. The molecule has 1 atom stereocenters. The van der Waals surface area contributed by atoms with Gasteiger partial charge in [0.1, 0.15) is 18.3 Å². The molecule has 3 aromatic rings. The molecule has 1 aliphatic carbocycles. The Labute approximate surface area is 257 Å². The number of halogens is 2. The molecule has 1 saturated carbocycles. The first-order valence-corrected chi connectivity index (χ1v) is 16.1. The van der Waals surface area contributed by atoms with Crippen molar-refractivity contribution < 1.29 is 22.7 Å². The summed E-state index contributed by atoms with van der Waals surface area (Å²) in [7, 11) is -4.25. The number of para-hydroxylation sites is 2. The third-order valence-corrected chi connectivity index (χ3v) is 9.53. The number of carbonyl (C=O) groups excluding carboxylic acids is 2. The highest BCUT2D eigenvalue weighted by molar-refractivity contribution is 7.92. The van der Waals surface area contributed by atoms with Gasteiger partial charge in [-0.25, -0.2) is 8.42 Å². The highest BCUT2D eigenvalue weighted by atomic mass is 35.5. The van der Waals surface area contributed by atoms with Gasteiger partial charge < -0.3 is 15.0 Å². The summed E-state index contributed by atoms with van der Waals surface area (Å²) in [5, 5.41) is 3.98. The maximum atomic E-state index is 14.1. The number of hydrogen-bond acceptors (Lipinski definition) is 5. The minimum absolute atomic E-state index is 0.0396. The van der Waals surface area contributed by atoms with E-state index in [4.69, 9.17) is 27.9 Å².